The minimum absolute atomic E-state index is 0.0226. The summed E-state index contributed by atoms with van der Waals surface area (Å²) >= 11 is 0. The molecule has 0 aromatic heterocycles. The Hall–Kier alpha value is -2.03. The molecule has 15 heavy (non-hydrogen) atoms. The summed E-state index contributed by atoms with van der Waals surface area (Å²) in [5, 5.41) is 20.0. The van der Waals surface area contributed by atoms with E-state index < -0.39 is 5.97 Å². The van der Waals surface area contributed by atoms with E-state index in [1.54, 1.807) is 6.07 Å². The van der Waals surface area contributed by atoms with E-state index in [4.69, 9.17) is 5.11 Å². The van der Waals surface area contributed by atoms with Crippen molar-refractivity contribution in [2.45, 2.75) is 6.92 Å². The number of carbonyl (C=O) groups is 1. The van der Waals surface area contributed by atoms with Crippen LogP contribution < -0.4 is 0 Å². The van der Waals surface area contributed by atoms with Crippen LogP contribution in [-0.2, 0) is 0 Å². The van der Waals surface area contributed by atoms with Crippen LogP contribution in [0.25, 0.3) is 10.8 Å². The lowest BCUT2D eigenvalue weighted by atomic mass is 9.99. The van der Waals surface area contributed by atoms with Crippen molar-refractivity contribution in [1.82, 2.24) is 0 Å². The van der Waals surface area contributed by atoms with Crippen LogP contribution in [0.3, 0.4) is 0 Å². The molecule has 0 saturated carbocycles. The number of phenols is 1. The zero-order chi connectivity index (χ0) is 11.0. The summed E-state index contributed by atoms with van der Waals surface area (Å²) in [5.74, 6) is -1.29. The number of benzene rings is 2. The van der Waals surface area contributed by atoms with Gasteiger partial charge in [-0.3, -0.25) is 0 Å². The Morgan fingerprint density at radius 1 is 1.20 bits per heavy atom. The summed E-state index contributed by atoms with van der Waals surface area (Å²) in [7, 11) is 0. The molecule has 0 saturated heterocycles. The van der Waals surface area contributed by atoms with Gasteiger partial charge in [0.05, 0.1) is 0 Å². The van der Waals surface area contributed by atoms with Crippen molar-refractivity contribution in [2.24, 2.45) is 0 Å². The molecule has 0 atom stereocenters. The maximum Gasteiger partial charge on any atom is 0.340 e. The van der Waals surface area contributed by atoms with Crippen LogP contribution in [-0.4, -0.2) is 16.2 Å². The molecule has 76 valence electrons. The Morgan fingerprint density at radius 2 is 1.93 bits per heavy atom. The number of rotatable bonds is 1. The average Bonchev–Trinajstić information content (AvgIpc) is 2.18. The number of carboxylic acids is 1. The monoisotopic (exact) mass is 202 g/mol. The number of aromatic hydroxyl groups is 1. The standard InChI is InChI=1S/C12H10O3/c1-7-3-2-4-8-5-6-9(13)11(10(7)8)12(14)15/h2-6,13H,1H3,(H,14,15). The lowest BCUT2D eigenvalue weighted by molar-refractivity contribution is 0.0696. The third-order valence-electron chi connectivity index (χ3n) is 2.45. The summed E-state index contributed by atoms with van der Waals surface area (Å²) in [6.07, 6.45) is 0. The fourth-order valence-electron chi connectivity index (χ4n) is 1.77. The zero-order valence-corrected chi connectivity index (χ0v) is 8.19. The SMILES string of the molecule is Cc1cccc2ccc(O)c(C(=O)O)c12. The second kappa shape index (κ2) is 3.28. The van der Waals surface area contributed by atoms with Crippen LogP contribution in [0.15, 0.2) is 30.3 Å². The summed E-state index contributed by atoms with van der Waals surface area (Å²) in [4.78, 5) is 11.0. The van der Waals surface area contributed by atoms with Crippen molar-refractivity contribution in [3.63, 3.8) is 0 Å². The molecule has 0 amide bonds. The molecule has 2 rings (SSSR count). The topological polar surface area (TPSA) is 57.5 Å². The maximum absolute atomic E-state index is 11.0. The molecule has 3 heteroatoms. The third kappa shape index (κ3) is 1.42. The van der Waals surface area contributed by atoms with E-state index in [1.807, 2.05) is 25.1 Å². The van der Waals surface area contributed by atoms with Gasteiger partial charge in [-0.25, -0.2) is 4.79 Å². The molecule has 0 radical (unpaired) electrons. The Balaban J connectivity index is 2.97. The molecule has 2 N–H and O–H groups in total. The molecule has 0 heterocycles. The van der Waals surface area contributed by atoms with Crippen molar-refractivity contribution < 1.29 is 15.0 Å². The summed E-state index contributed by atoms with van der Waals surface area (Å²) in [6.45, 7) is 1.83. The quantitative estimate of drug-likeness (QED) is 0.747. The van der Waals surface area contributed by atoms with Gasteiger partial charge in [-0.05, 0) is 23.9 Å². The third-order valence-corrected chi connectivity index (χ3v) is 2.45. The first-order valence-electron chi connectivity index (χ1n) is 4.56. The van der Waals surface area contributed by atoms with E-state index in [2.05, 4.69) is 0 Å². The fourth-order valence-corrected chi connectivity index (χ4v) is 1.77. The number of carboxylic acid groups (broad SMARTS) is 1. The van der Waals surface area contributed by atoms with E-state index in [0.717, 1.165) is 10.9 Å². The van der Waals surface area contributed by atoms with Crippen LogP contribution >= 0.6 is 0 Å². The Bertz CT molecular complexity index is 544. The second-order valence-corrected chi connectivity index (χ2v) is 3.44. The Kier molecular flexibility index (Phi) is 2.08. The Morgan fingerprint density at radius 3 is 2.60 bits per heavy atom. The number of hydrogen-bond acceptors (Lipinski definition) is 2. The van der Waals surface area contributed by atoms with Crippen molar-refractivity contribution in [3.05, 3.63) is 41.5 Å². The van der Waals surface area contributed by atoms with Gasteiger partial charge < -0.3 is 10.2 Å². The number of fused-ring (bicyclic) bond motifs is 1. The van der Waals surface area contributed by atoms with Crippen LogP contribution in [0.5, 0.6) is 5.75 Å². The minimum Gasteiger partial charge on any atom is -0.507 e. The van der Waals surface area contributed by atoms with Gasteiger partial charge in [0.15, 0.2) is 0 Å². The molecule has 0 aliphatic rings. The highest BCUT2D eigenvalue weighted by Crippen LogP contribution is 2.29. The van der Waals surface area contributed by atoms with Crippen LogP contribution in [0, 0.1) is 6.92 Å². The largest absolute Gasteiger partial charge is 0.507 e. The Labute approximate surface area is 86.6 Å². The summed E-state index contributed by atoms with van der Waals surface area (Å²) in [5.41, 5.74) is 0.825. The van der Waals surface area contributed by atoms with E-state index >= 15 is 0 Å². The predicted molar refractivity (Wildman–Crippen MR) is 57.3 cm³/mol. The molecule has 0 spiro atoms. The van der Waals surface area contributed by atoms with Crippen LogP contribution in [0.4, 0.5) is 0 Å². The first-order chi connectivity index (χ1) is 7.11. The van der Waals surface area contributed by atoms with Crippen molar-refractivity contribution in [2.75, 3.05) is 0 Å². The van der Waals surface area contributed by atoms with Gasteiger partial charge in [-0.15, -0.1) is 0 Å². The van der Waals surface area contributed by atoms with Crippen LogP contribution in [0.2, 0.25) is 0 Å². The van der Waals surface area contributed by atoms with Gasteiger partial charge in [0, 0.05) is 5.39 Å². The van der Waals surface area contributed by atoms with Gasteiger partial charge in [0.25, 0.3) is 0 Å². The molecule has 3 nitrogen and oxygen atoms in total. The summed E-state index contributed by atoms with van der Waals surface area (Å²) < 4.78 is 0. The number of aryl methyl sites for hydroxylation is 1. The number of hydrogen-bond donors (Lipinski definition) is 2. The lowest BCUT2D eigenvalue weighted by Gasteiger charge is -2.07. The molecule has 0 aliphatic carbocycles. The molecular formula is C12H10O3. The van der Waals surface area contributed by atoms with Crippen molar-refractivity contribution in [3.8, 4) is 5.75 Å². The highest BCUT2D eigenvalue weighted by atomic mass is 16.4. The molecule has 0 bridgehead atoms. The molecule has 0 fully saturated rings. The molecular weight excluding hydrogens is 192 g/mol. The maximum atomic E-state index is 11.0. The van der Waals surface area contributed by atoms with E-state index in [1.165, 1.54) is 6.07 Å². The predicted octanol–water partition coefficient (Wildman–Crippen LogP) is 2.55. The fraction of sp³-hybridized carbons (Fsp3) is 0.0833. The van der Waals surface area contributed by atoms with Gasteiger partial charge >= 0.3 is 5.97 Å². The van der Waals surface area contributed by atoms with Gasteiger partial charge in [0.2, 0.25) is 0 Å². The first kappa shape index (κ1) is 9.52. The zero-order valence-electron chi connectivity index (χ0n) is 8.19. The van der Waals surface area contributed by atoms with Crippen LogP contribution in [0.1, 0.15) is 15.9 Å². The van der Waals surface area contributed by atoms with E-state index in [-0.39, 0.29) is 11.3 Å². The summed E-state index contributed by atoms with van der Waals surface area (Å²) in [6, 6.07) is 8.64. The minimum atomic E-state index is -1.10. The van der Waals surface area contributed by atoms with Crippen molar-refractivity contribution in [1.29, 1.82) is 0 Å². The smallest absolute Gasteiger partial charge is 0.340 e. The van der Waals surface area contributed by atoms with Gasteiger partial charge in [-0.2, -0.15) is 0 Å². The lowest BCUT2D eigenvalue weighted by Crippen LogP contribution is -1.99. The molecule has 2 aromatic carbocycles. The normalized spacial score (nSPS) is 10.5. The average molecular weight is 202 g/mol. The van der Waals surface area contributed by atoms with Gasteiger partial charge in [0.1, 0.15) is 11.3 Å². The second-order valence-electron chi connectivity index (χ2n) is 3.44. The van der Waals surface area contributed by atoms with Crippen molar-refractivity contribution >= 4 is 16.7 Å². The number of aromatic carboxylic acids is 1. The van der Waals surface area contributed by atoms with Gasteiger partial charge in [-0.1, -0.05) is 24.3 Å². The molecule has 0 aliphatic heterocycles. The highest BCUT2D eigenvalue weighted by Gasteiger charge is 2.14. The first-order valence-corrected chi connectivity index (χ1v) is 4.56. The highest BCUT2D eigenvalue weighted by molar-refractivity contribution is 6.07. The molecule has 2 aromatic rings. The van der Waals surface area contributed by atoms with E-state index in [0.29, 0.717) is 5.39 Å². The molecule has 0 unspecified atom stereocenters. The van der Waals surface area contributed by atoms with E-state index in [9.17, 15) is 9.90 Å².